The molecule has 0 amide bonds. The van der Waals surface area contributed by atoms with E-state index in [0.29, 0.717) is 18.0 Å². The molecule has 1 aliphatic rings. The normalized spacial score (nSPS) is 23.6. The van der Waals surface area contributed by atoms with Crippen LogP contribution < -0.4 is 5.32 Å². The van der Waals surface area contributed by atoms with Gasteiger partial charge < -0.3 is 10.1 Å². The molecule has 21 heavy (non-hydrogen) atoms. The van der Waals surface area contributed by atoms with Gasteiger partial charge in [0.1, 0.15) is 0 Å². The number of piperazine rings is 1. The molecule has 2 rings (SSSR count). The molecule has 1 saturated heterocycles. The molecule has 0 bridgehead atoms. The van der Waals surface area contributed by atoms with Crippen molar-refractivity contribution in [3.8, 4) is 0 Å². The van der Waals surface area contributed by atoms with Crippen LogP contribution in [0.4, 0.5) is 0 Å². The molecule has 1 aromatic carbocycles. The van der Waals surface area contributed by atoms with Gasteiger partial charge in [0.25, 0.3) is 0 Å². The van der Waals surface area contributed by atoms with Crippen molar-refractivity contribution in [3.63, 3.8) is 0 Å². The second-order valence-corrected chi connectivity index (χ2v) is 6.54. The number of hydrogen-bond acceptors (Lipinski definition) is 3. The zero-order valence-electron chi connectivity index (χ0n) is 13.7. The Morgan fingerprint density at radius 2 is 2.05 bits per heavy atom. The number of benzene rings is 1. The quantitative estimate of drug-likeness (QED) is 0.781. The molecule has 1 aromatic rings. The average molecular weight is 290 g/mol. The van der Waals surface area contributed by atoms with E-state index in [1.165, 1.54) is 5.56 Å². The molecule has 2 unspecified atom stereocenters. The van der Waals surface area contributed by atoms with E-state index in [-0.39, 0.29) is 0 Å². The lowest BCUT2D eigenvalue weighted by molar-refractivity contribution is 0.0840. The van der Waals surface area contributed by atoms with Crippen LogP contribution in [0.15, 0.2) is 30.3 Å². The Morgan fingerprint density at radius 1 is 1.29 bits per heavy atom. The maximum Gasteiger partial charge on any atom is 0.0489 e. The topological polar surface area (TPSA) is 24.5 Å². The summed E-state index contributed by atoms with van der Waals surface area (Å²) in [4.78, 5) is 2.59. The van der Waals surface area contributed by atoms with Gasteiger partial charge >= 0.3 is 0 Å². The summed E-state index contributed by atoms with van der Waals surface area (Å²) in [5, 5.41) is 3.66. The van der Waals surface area contributed by atoms with E-state index in [1.807, 2.05) is 0 Å². The molecule has 3 nitrogen and oxygen atoms in total. The van der Waals surface area contributed by atoms with Gasteiger partial charge in [0.15, 0.2) is 0 Å². The lowest BCUT2D eigenvalue weighted by atomic mass is 10.0. The van der Waals surface area contributed by atoms with Crippen molar-refractivity contribution in [2.24, 2.45) is 5.92 Å². The second-order valence-electron chi connectivity index (χ2n) is 6.54. The van der Waals surface area contributed by atoms with Gasteiger partial charge in [0.2, 0.25) is 0 Å². The number of hydrogen-bond donors (Lipinski definition) is 1. The second kappa shape index (κ2) is 8.52. The summed E-state index contributed by atoms with van der Waals surface area (Å²) in [5.74, 6) is 0.630. The summed E-state index contributed by atoms with van der Waals surface area (Å²) in [6.45, 7) is 11.7. The third-order valence-corrected chi connectivity index (χ3v) is 4.09. The molecule has 3 heteroatoms. The number of ether oxygens (including phenoxy) is 1. The Morgan fingerprint density at radius 3 is 2.76 bits per heavy atom. The van der Waals surface area contributed by atoms with Crippen molar-refractivity contribution in [1.82, 2.24) is 10.2 Å². The zero-order chi connectivity index (χ0) is 15.1. The third kappa shape index (κ3) is 5.42. The fraction of sp³-hybridized carbons (Fsp3) is 0.667. The van der Waals surface area contributed by atoms with E-state index >= 15 is 0 Å². The SMILES string of the molecule is CC(C)COCCCN1CC(c2ccccc2)NCC1C. The minimum atomic E-state index is 0.457. The van der Waals surface area contributed by atoms with Crippen LogP contribution in [0, 0.1) is 5.92 Å². The van der Waals surface area contributed by atoms with E-state index in [4.69, 9.17) is 4.74 Å². The molecule has 1 heterocycles. The molecule has 1 fully saturated rings. The van der Waals surface area contributed by atoms with Crippen LogP contribution >= 0.6 is 0 Å². The van der Waals surface area contributed by atoms with Gasteiger partial charge in [-0.2, -0.15) is 0 Å². The largest absolute Gasteiger partial charge is 0.381 e. The van der Waals surface area contributed by atoms with E-state index in [2.05, 4.69) is 61.3 Å². The van der Waals surface area contributed by atoms with E-state index in [1.54, 1.807) is 0 Å². The van der Waals surface area contributed by atoms with Crippen LogP contribution in [0.1, 0.15) is 38.8 Å². The van der Waals surface area contributed by atoms with Gasteiger partial charge in [0.05, 0.1) is 0 Å². The van der Waals surface area contributed by atoms with Crippen molar-refractivity contribution < 1.29 is 4.74 Å². The van der Waals surface area contributed by atoms with Crippen molar-refractivity contribution in [2.45, 2.75) is 39.3 Å². The summed E-state index contributed by atoms with van der Waals surface area (Å²) in [5.41, 5.74) is 1.39. The summed E-state index contributed by atoms with van der Waals surface area (Å²) >= 11 is 0. The first-order chi connectivity index (χ1) is 10.2. The first-order valence-electron chi connectivity index (χ1n) is 8.27. The smallest absolute Gasteiger partial charge is 0.0489 e. The van der Waals surface area contributed by atoms with Crippen molar-refractivity contribution in [2.75, 3.05) is 32.8 Å². The van der Waals surface area contributed by atoms with Gasteiger partial charge in [-0.3, -0.25) is 4.90 Å². The number of nitrogens with one attached hydrogen (secondary N) is 1. The van der Waals surface area contributed by atoms with Gasteiger partial charge in [-0.05, 0) is 24.8 Å². The predicted molar refractivity (Wildman–Crippen MR) is 88.5 cm³/mol. The Labute approximate surface area is 129 Å². The summed E-state index contributed by atoms with van der Waals surface area (Å²) in [6, 6.07) is 11.8. The van der Waals surface area contributed by atoms with E-state index in [9.17, 15) is 0 Å². The van der Waals surface area contributed by atoms with Crippen LogP contribution in [-0.4, -0.2) is 43.8 Å². The monoisotopic (exact) mass is 290 g/mol. The van der Waals surface area contributed by atoms with Gasteiger partial charge in [-0.15, -0.1) is 0 Å². The van der Waals surface area contributed by atoms with Crippen molar-refractivity contribution >= 4 is 0 Å². The molecule has 0 radical (unpaired) electrons. The Kier molecular flexibility index (Phi) is 6.68. The van der Waals surface area contributed by atoms with E-state index in [0.717, 1.165) is 39.3 Å². The first-order valence-corrected chi connectivity index (χ1v) is 8.27. The highest BCUT2D eigenvalue weighted by molar-refractivity contribution is 5.20. The van der Waals surface area contributed by atoms with Crippen LogP contribution in [0.2, 0.25) is 0 Å². The van der Waals surface area contributed by atoms with Gasteiger partial charge in [-0.25, -0.2) is 0 Å². The summed E-state index contributed by atoms with van der Waals surface area (Å²) in [6.07, 6.45) is 1.12. The zero-order valence-corrected chi connectivity index (χ0v) is 13.7. The average Bonchev–Trinajstić information content (AvgIpc) is 2.49. The minimum absolute atomic E-state index is 0.457. The molecular weight excluding hydrogens is 260 g/mol. The van der Waals surface area contributed by atoms with Crippen LogP contribution in [-0.2, 0) is 4.74 Å². The van der Waals surface area contributed by atoms with Crippen molar-refractivity contribution in [3.05, 3.63) is 35.9 Å². The van der Waals surface area contributed by atoms with Crippen LogP contribution in [0.5, 0.6) is 0 Å². The molecule has 0 aromatic heterocycles. The summed E-state index contributed by atoms with van der Waals surface area (Å²) in [7, 11) is 0. The Hall–Kier alpha value is -0.900. The minimum Gasteiger partial charge on any atom is -0.381 e. The molecule has 0 spiro atoms. The molecule has 2 atom stereocenters. The highest BCUT2D eigenvalue weighted by Crippen LogP contribution is 2.19. The first kappa shape index (κ1) is 16.5. The lowest BCUT2D eigenvalue weighted by Gasteiger charge is -2.39. The standard InChI is InChI=1S/C18H30N2O/c1-15(2)14-21-11-7-10-20-13-18(19-12-16(20)3)17-8-5-4-6-9-17/h4-6,8-9,15-16,18-19H,7,10-14H2,1-3H3. The summed E-state index contributed by atoms with van der Waals surface area (Å²) < 4.78 is 5.69. The fourth-order valence-electron chi connectivity index (χ4n) is 2.83. The molecule has 1 N–H and O–H groups in total. The van der Waals surface area contributed by atoms with Gasteiger partial charge in [-0.1, -0.05) is 44.2 Å². The molecule has 1 aliphatic heterocycles. The molecule has 0 aliphatic carbocycles. The van der Waals surface area contributed by atoms with Crippen LogP contribution in [0.3, 0.4) is 0 Å². The predicted octanol–water partition coefficient (Wildman–Crippen LogP) is 3.08. The maximum absolute atomic E-state index is 5.69. The van der Waals surface area contributed by atoms with Crippen molar-refractivity contribution in [1.29, 1.82) is 0 Å². The van der Waals surface area contributed by atoms with Gasteiger partial charge in [0, 0.05) is 44.9 Å². The molecule has 0 saturated carbocycles. The van der Waals surface area contributed by atoms with Crippen LogP contribution in [0.25, 0.3) is 0 Å². The number of nitrogens with zero attached hydrogens (tertiary/aromatic N) is 1. The maximum atomic E-state index is 5.69. The third-order valence-electron chi connectivity index (χ3n) is 4.09. The lowest BCUT2D eigenvalue weighted by Crippen LogP contribution is -2.51. The molecule has 118 valence electrons. The fourth-order valence-corrected chi connectivity index (χ4v) is 2.83. The highest BCUT2D eigenvalue weighted by Gasteiger charge is 2.25. The Bertz CT molecular complexity index is 393. The highest BCUT2D eigenvalue weighted by atomic mass is 16.5. The van der Waals surface area contributed by atoms with E-state index < -0.39 is 0 Å². The Balaban J connectivity index is 1.76. The number of rotatable bonds is 7. The molecular formula is C18H30N2O.